The number of hydrogen-bond donors (Lipinski definition) is 2. The standard InChI is InChI=1S/C29H52N2O4/c1-2-3-4-5-6-8-11-22-19-30-28(31-20-22)23-14-16-24(17-15-23)33-21-26-18-27(29(32)35-26)34-25-12-9-7-10-13-25/h22-28,30-31H,2-21H2,1H3/t22?,23?,24?,26?,27-,28?/m0/s1. The highest BCUT2D eigenvalue weighted by Crippen LogP contribution is 2.31. The van der Waals surface area contributed by atoms with E-state index in [0.29, 0.717) is 31.2 Å². The van der Waals surface area contributed by atoms with Gasteiger partial charge >= 0.3 is 5.97 Å². The van der Waals surface area contributed by atoms with E-state index in [1.54, 1.807) is 0 Å². The van der Waals surface area contributed by atoms with E-state index in [-0.39, 0.29) is 24.3 Å². The zero-order valence-corrected chi connectivity index (χ0v) is 22.3. The Hall–Kier alpha value is -0.690. The molecular weight excluding hydrogens is 440 g/mol. The Labute approximate surface area is 214 Å². The van der Waals surface area contributed by atoms with Crippen molar-refractivity contribution >= 4 is 5.97 Å². The van der Waals surface area contributed by atoms with E-state index in [9.17, 15) is 4.79 Å². The summed E-state index contributed by atoms with van der Waals surface area (Å²) in [5.74, 6) is 1.30. The SMILES string of the molecule is CCCCCCCCC1CNC(C2CCC(OCC3C[C@H](OC4CCCCC4)C(=O)O3)CC2)NC1. The molecule has 2 aliphatic carbocycles. The maximum Gasteiger partial charge on any atom is 0.335 e. The van der Waals surface area contributed by atoms with Gasteiger partial charge in [-0.3, -0.25) is 0 Å². The average Bonchev–Trinajstić information content (AvgIpc) is 3.25. The van der Waals surface area contributed by atoms with Crippen molar-refractivity contribution in [1.29, 1.82) is 0 Å². The number of nitrogens with one attached hydrogen (secondary N) is 2. The number of cyclic esters (lactones) is 1. The lowest BCUT2D eigenvalue weighted by atomic mass is 9.84. The summed E-state index contributed by atoms with van der Waals surface area (Å²) in [5, 5.41) is 7.62. The Kier molecular flexibility index (Phi) is 11.6. The van der Waals surface area contributed by atoms with Gasteiger partial charge in [0.1, 0.15) is 6.10 Å². The van der Waals surface area contributed by atoms with Gasteiger partial charge in [-0.2, -0.15) is 0 Å². The molecule has 6 nitrogen and oxygen atoms in total. The number of esters is 1. The van der Waals surface area contributed by atoms with Crippen molar-refractivity contribution in [2.45, 2.75) is 147 Å². The van der Waals surface area contributed by atoms with Crippen molar-refractivity contribution in [2.24, 2.45) is 11.8 Å². The predicted octanol–water partition coefficient (Wildman–Crippen LogP) is 5.48. The molecule has 0 aromatic rings. The highest BCUT2D eigenvalue weighted by molar-refractivity contribution is 5.76. The summed E-state index contributed by atoms with van der Waals surface area (Å²) < 4.78 is 17.9. The molecule has 0 bridgehead atoms. The summed E-state index contributed by atoms with van der Waals surface area (Å²) in [5.41, 5.74) is 0. The van der Waals surface area contributed by atoms with Crippen LogP contribution in [0.4, 0.5) is 0 Å². The van der Waals surface area contributed by atoms with Crippen LogP contribution >= 0.6 is 0 Å². The molecule has 35 heavy (non-hydrogen) atoms. The summed E-state index contributed by atoms with van der Waals surface area (Å²) in [6.07, 6.45) is 21.3. The van der Waals surface area contributed by atoms with Gasteiger partial charge in [0.2, 0.25) is 0 Å². The van der Waals surface area contributed by atoms with E-state index >= 15 is 0 Å². The molecule has 1 unspecified atom stereocenters. The van der Waals surface area contributed by atoms with Gasteiger partial charge in [0.25, 0.3) is 0 Å². The third-order valence-electron chi connectivity index (χ3n) is 8.86. The molecular formula is C29H52N2O4. The average molecular weight is 493 g/mol. The van der Waals surface area contributed by atoms with Crippen LogP contribution in [0.2, 0.25) is 0 Å². The molecule has 0 amide bonds. The molecule has 2 N–H and O–H groups in total. The monoisotopic (exact) mass is 492 g/mol. The zero-order chi connectivity index (χ0) is 24.3. The van der Waals surface area contributed by atoms with Crippen molar-refractivity contribution in [3.8, 4) is 0 Å². The number of unbranched alkanes of at least 4 members (excludes halogenated alkanes) is 5. The minimum absolute atomic E-state index is 0.140. The second-order valence-electron chi connectivity index (χ2n) is 11.8. The van der Waals surface area contributed by atoms with E-state index in [4.69, 9.17) is 14.2 Å². The summed E-state index contributed by atoms with van der Waals surface area (Å²) in [7, 11) is 0. The van der Waals surface area contributed by atoms with E-state index in [0.717, 1.165) is 31.6 Å². The maximum absolute atomic E-state index is 12.2. The molecule has 4 rings (SSSR count). The molecule has 202 valence electrons. The van der Waals surface area contributed by atoms with Crippen LogP contribution < -0.4 is 10.6 Å². The van der Waals surface area contributed by atoms with Gasteiger partial charge in [-0.25, -0.2) is 4.79 Å². The van der Waals surface area contributed by atoms with E-state index in [1.165, 1.54) is 90.1 Å². The first kappa shape index (κ1) is 27.3. The van der Waals surface area contributed by atoms with Crippen molar-refractivity contribution in [3.05, 3.63) is 0 Å². The van der Waals surface area contributed by atoms with Gasteiger partial charge in [0.15, 0.2) is 6.10 Å². The summed E-state index contributed by atoms with van der Waals surface area (Å²) >= 11 is 0. The second-order valence-corrected chi connectivity index (χ2v) is 11.8. The molecule has 6 heteroatoms. The van der Waals surface area contributed by atoms with Crippen LogP contribution in [-0.2, 0) is 19.0 Å². The van der Waals surface area contributed by atoms with Crippen LogP contribution in [0, 0.1) is 11.8 Å². The number of carbonyl (C=O) groups is 1. The lowest BCUT2D eigenvalue weighted by Gasteiger charge is -2.39. The Bertz CT molecular complexity index is 595. The van der Waals surface area contributed by atoms with Crippen molar-refractivity contribution in [1.82, 2.24) is 10.6 Å². The highest BCUT2D eigenvalue weighted by Gasteiger charge is 2.38. The number of carbonyl (C=O) groups excluding carboxylic acids is 1. The smallest absolute Gasteiger partial charge is 0.335 e. The van der Waals surface area contributed by atoms with Gasteiger partial charge in [0, 0.05) is 19.5 Å². The van der Waals surface area contributed by atoms with Crippen molar-refractivity contribution in [3.63, 3.8) is 0 Å². The molecule has 0 spiro atoms. The van der Waals surface area contributed by atoms with Gasteiger partial charge in [-0.1, -0.05) is 64.7 Å². The zero-order valence-electron chi connectivity index (χ0n) is 22.3. The minimum atomic E-state index is -0.379. The molecule has 2 saturated carbocycles. The Morgan fingerprint density at radius 1 is 0.857 bits per heavy atom. The topological polar surface area (TPSA) is 68.8 Å². The minimum Gasteiger partial charge on any atom is -0.458 e. The number of ether oxygens (including phenoxy) is 3. The number of hydrogen-bond acceptors (Lipinski definition) is 6. The molecule has 2 aliphatic heterocycles. The summed E-state index contributed by atoms with van der Waals surface area (Å²) in [6.45, 7) is 5.14. The Balaban J connectivity index is 1.05. The molecule has 0 radical (unpaired) electrons. The van der Waals surface area contributed by atoms with Crippen LogP contribution in [0.3, 0.4) is 0 Å². The normalized spacial score (nSPS) is 34.7. The largest absolute Gasteiger partial charge is 0.458 e. The third kappa shape index (κ3) is 8.98. The first-order valence-electron chi connectivity index (χ1n) is 15.2. The van der Waals surface area contributed by atoms with Crippen LogP contribution in [-0.4, -0.2) is 56.2 Å². The van der Waals surface area contributed by atoms with E-state index < -0.39 is 0 Å². The van der Waals surface area contributed by atoms with Crippen LogP contribution in [0.5, 0.6) is 0 Å². The highest BCUT2D eigenvalue weighted by atomic mass is 16.6. The van der Waals surface area contributed by atoms with Crippen LogP contribution in [0.25, 0.3) is 0 Å². The lowest BCUT2D eigenvalue weighted by Crippen LogP contribution is -2.56. The van der Waals surface area contributed by atoms with Crippen molar-refractivity contribution in [2.75, 3.05) is 19.7 Å². The van der Waals surface area contributed by atoms with Crippen molar-refractivity contribution < 1.29 is 19.0 Å². The second kappa shape index (κ2) is 14.9. The Morgan fingerprint density at radius 2 is 1.57 bits per heavy atom. The molecule has 2 heterocycles. The van der Waals surface area contributed by atoms with Gasteiger partial charge < -0.3 is 24.8 Å². The van der Waals surface area contributed by atoms with Gasteiger partial charge in [-0.05, 0) is 56.8 Å². The first-order chi connectivity index (χ1) is 17.2. The fourth-order valence-corrected chi connectivity index (χ4v) is 6.58. The predicted molar refractivity (Wildman–Crippen MR) is 139 cm³/mol. The van der Waals surface area contributed by atoms with E-state index in [1.807, 2.05) is 0 Å². The maximum atomic E-state index is 12.2. The molecule has 0 aromatic heterocycles. The Morgan fingerprint density at radius 3 is 2.31 bits per heavy atom. The molecule has 4 fully saturated rings. The van der Waals surface area contributed by atoms with Gasteiger partial charge in [0.05, 0.1) is 25.0 Å². The first-order valence-corrected chi connectivity index (χ1v) is 15.2. The molecule has 2 saturated heterocycles. The quantitative estimate of drug-likeness (QED) is 0.262. The van der Waals surface area contributed by atoms with Gasteiger partial charge in [-0.15, -0.1) is 0 Å². The summed E-state index contributed by atoms with van der Waals surface area (Å²) in [6, 6.07) is 0. The molecule has 4 aliphatic rings. The fourth-order valence-electron chi connectivity index (χ4n) is 6.58. The van der Waals surface area contributed by atoms with Crippen LogP contribution in [0.1, 0.15) is 116 Å². The number of rotatable bonds is 13. The summed E-state index contributed by atoms with van der Waals surface area (Å²) in [4.78, 5) is 12.2. The third-order valence-corrected chi connectivity index (χ3v) is 8.86. The molecule has 0 aromatic carbocycles. The van der Waals surface area contributed by atoms with E-state index in [2.05, 4.69) is 17.6 Å². The fraction of sp³-hybridized carbons (Fsp3) is 0.966. The lowest BCUT2D eigenvalue weighted by molar-refractivity contribution is -0.155. The van der Waals surface area contributed by atoms with Crippen LogP contribution in [0.15, 0.2) is 0 Å². The molecule has 2 atom stereocenters.